The number of carbonyl (C=O) groups excluding carboxylic acids is 2. The summed E-state index contributed by atoms with van der Waals surface area (Å²) in [6, 6.07) is -2.31. The summed E-state index contributed by atoms with van der Waals surface area (Å²) in [6.07, 6.45) is -0.843. The van der Waals surface area contributed by atoms with Crippen molar-refractivity contribution in [3.63, 3.8) is 0 Å². The molecular formula is C18H32N2O8. The summed E-state index contributed by atoms with van der Waals surface area (Å²) < 4.78 is 10.1. The zero-order valence-corrected chi connectivity index (χ0v) is 17.3. The lowest BCUT2D eigenvalue weighted by Crippen LogP contribution is -2.44. The van der Waals surface area contributed by atoms with Gasteiger partial charge in [-0.2, -0.15) is 0 Å². The lowest BCUT2D eigenvalue weighted by molar-refractivity contribution is -0.140. The van der Waals surface area contributed by atoms with Crippen molar-refractivity contribution >= 4 is 24.1 Å². The van der Waals surface area contributed by atoms with E-state index in [0.717, 1.165) is 0 Å². The minimum atomic E-state index is -1.22. The van der Waals surface area contributed by atoms with Crippen LogP contribution in [0.3, 0.4) is 0 Å². The van der Waals surface area contributed by atoms with E-state index in [1.165, 1.54) is 0 Å². The predicted molar refractivity (Wildman–Crippen MR) is 100 cm³/mol. The van der Waals surface area contributed by atoms with Crippen LogP contribution in [-0.2, 0) is 19.1 Å². The Bertz CT molecular complexity index is 513. The average molecular weight is 408 g/mol. The molecule has 0 fully saturated rings. The van der Waals surface area contributed by atoms with E-state index in [-0.39, 0.29) is 12.8 Å². The molecule has 0 aromatic rings. The SMILES string of the molecule is CC(C)(C)OC(=O)N[C@@H](CCCC[C@H](NC(=O)OC(C)(C)C)[14C](=O)O)[14C](=O)O. The first-order chi connectivity index (χ1) is 12.6. The second kappa shape index (κ2) is 10.7. The molecule has 2 amide bonds. The van der Waals surface area contributed by atoms with E-state index in [0.29, 0.717) is 12.8 Å². The first kappa shape index (κ1) is 25.5. The predicted octanol–water partition coefficient (Wildman–Crippen LogP) is 2.50. The number of rotatable bonds is 9. The summed E-state index contributed by atoms with van der Waals surface area (Å²) in [5.74, 6) is -2.43. The monoisotopic (exact) mass is 408 g/mol. The second-order valence-corrected chi connectivity index (χ2v) is 8.36. The highest BCUT2D eigenvalue weighted by Gasteiger charge is 2.25. The maximum atomic E-state index is 11.7. The zero-order valence-electron chi connectivity index (χ0n) is 17.3. The molecule has 0 bridgehead atoms. The third-order valence-electron chi connectivity index (χ3n) is 3.21. The van der Waals surface area contributed by atoms with Crippen LogP contribution in [-0.4, -0.2) is 57.6 Å². The molecule has 0 rings (SSSR count). The van der Waals surface area contributed by atoms with Crippen molar-refractivity contribution in [2.24, 2.45) is 0 Å². The highest BCUT2D eigenvalue weighted by molar-refractivity contribution is 5.80. The van der Waals surface area contributed by atoms with Gasteiger partial charge in [0.05, 0.1) is 0 Å². The van der Waals surface area contributed by atoms with Gasteiger partial charge in [0.2, 0.25) is 0 Å². The van der Waals surface area contributed by atoms with E-state index in [2.05, 4.69) is 10.6 Å². The van der Waals surface area contributed by atoms with Crippen LogP contribution in [0.5, 0.6) is 0 Å². The lowest BCUT2D eigenvalue weighted by atomic mass is 10.1. The summed E-state index contributed by atoms with van der Waals surface area (Å²) in [5.41, 5.74) is -1.51. The van der Waals surface area contributed by atoms with Crippen LogP contribution < -0.4 is 10.6 Å². The van der Waals surface area contributed by atoms with Gasteiger partial charge in [-0.05, 0) is 54.4 Å². The first-order valence-electron chi connectivity index (χ1n) is 9.05. The highest BCUT2D eigenvalue weighted by atomic mass is 16.6. The van der Waals surface area contributed by atoms with Crippen LogP contribution in [0.4, 0.5) is 9.59 Å². The number of ether oxygens (including phenoxy) is 2. The lowest BCUT2D eigenvalue weighted by Gasteiger charge is -2.22. The summed E-state index contributed by atoms with van der Waals surface area (Å²) in [5, 5.41) is 23.0. The second-order valence-electron chi connectivity index (χ2n) is 8.36. The van der Waals surface area contributed by atoms with Gasteiger partial charge in [0.15, 0.2) is 0 Å². The van der Waals surface area contributed by atoms with E-state index in [4.69, 9.17) is 9.47 Å². The number of carbonyl (C=O) groups is 4. The van der Waals surface area contributed by atoms with Crippen molar-refractivity contribution in [3.05, 3.63) is 0 Å². The molecule has 2 atom stereocenters. The van der Waals surface area contributed by atoms with Gasteiger partial charge >= 0.3 is 24.1 Å². The minimum absolute atomic E-state index is 0.0906. The Morgan fingerprint density at radius 2 is 1.07 bits per heavy atom. The van der Waals surface area contributed by atoms with Crippen LogP contribution in [0, 0.1) is 0 Å². The molecule has 0 aliphatic carbocycles. The minimum Gasteiger partial charge on any atom is -0.480 e. The topological polar surface area (TPSA) is 151 Å². The third kappa shape index (κ3) is 12.8. The van der Waals surface area contributed by atoms with Crippen molar-refractivity contribution in [2.75, 3.05) is 0 Å². The highest BCUT2D eigenvalue weighted by Crippen LogP contribution is 2.11. The first-order valence-corrected chi connectivity index (χ1v) is 9.05. The number of amides is 2. The van der Waals surface area contributed by atoms with Crippen molar-refractivity contribution in [3.8, 4) is 0 Å². The zero-order chi connectivity index (χ0) is 22.1. The smallest absolute Gasteiger partial charge is 0.408 e. The summed E-state index contributed by atoms with van der Waals surface area (Å²) in [7, 11) is 0. The van der Waals surface area contributed by atoms with Crippen LogP contribution >= 0.6 is 0 Å². The van der Waals surface area contributed by atoms with Gasteiger partial charge in [-0.1, -0.05) is 12.8 Å². The molecule has 162 valence electrons. The van der Waals surface area contributed by atoms with Gasteiger partial charge < -0.3 is 30.3 Å². The maximum absolute atomic E-state index is 11.7. The Labute approximate surface area is 165 Å². The molecule has 0 radical (unpaired) electrons. The molecule has 10 heteroatoms. The van der Waals surface area contributed by atoms with E-state index in [1.54, 1.807) is 41.5 Å². The molecule has 0 heterocycles. The molecule has 0 aromatic carbocycles. The van der Waals surface area contributed by atoms with E-state index in [1.807, 2.05) is 0 Å². The molecule has 0 unspecified atom stereocenters. The molecule has 0 aliphatic heterocycles. The maximum Gasteiger partial charge on any atom is 0.408 e. The molecule has 0 aromatic heterocycles. The van der Waals surface area contributed by atoms with Gasteiger partial charge in [-0.3, -0.25) is 0 Å². The number of hydrogen-bond acceptors (Lipinski definition) is 6. The number of nitrogens with one attached hydrogen (secondary N) is 2. The van der Waals surface area contributed by atoms with E-state index >= 15 is 0 Å². The number of carboxylic acid groups (broad SMARTS) is 2. The van der Waals surface area contributed by atoms with Crippen LogP contribution in [0.2, 0.25) is 0 Å². The number of aliphatic carboxylic acids is 2. The van der Waals surface area contributed by atoms with Crippen molar-refractivity contribution in [1.29, 1.82) is 0 Å². The van der Waals surface area contributed by atoms with Crippen LogP contribution in [0.15, 0.2) is 0 Å². The number of unbranched alkanes of at least 4 members (excludes halogenated alkanes) is 1. The van der Waals surface area contributed by atoms with Crippen molar-refractivity contribution in [2.45, 2.75) is 90.5 Å². The number of hydrogen-bond donors (Lipinski definition) is 4. The molecule has 0 aliphatic rings. The number of alkyl carbamates (subject to hydrolysis) is 2. The quantitative estimate of drug-likeness (QED) is 0.425. The fourth-order valence-electron chi connectivity index (χ4n) is 2.11. The summed E-state index contributed by atoms with van der Waals surface area (Å²) in [4.78, 5) is 46.0. The van der Waals surface area contributed by atoms with Gasteiger partial charge in [-0.15, -0.1) is 0 Å². The van der Waals surface area contributed by atoms with Gasteiger partial charge in [-0.25, -0.2) is 19.2 Å². The molecule has 0 spiro atoms. The van der Waals surface area contributed by atoms with Crippen molar-refractivity contribution in [1.82, 2.24) is 10.6 Å². The largest absolute Gasteiger partial charge is 0.480 e. The number of carboxylic acids is 2. The Balaban J connectivity index is 4.51. The fraction of sp³-hybridized carbons (Fsp3) is 0.778. The summed E-state index contributed by atoms with van der Waals surface area (Å²) in [6.45, 7) is 9.95. The molecule has 4 N–H and O–H groups in total. The van der Waals surface area contributed by atoms with E-state index in [9.17, 15) is 29.4 Å². The standard InChI is InChI=1S/C18H32N2O8/c1-17(2,3)27-15(25)19-11(13(21)22)9-7-8-10-12(14(23)24)20-16(26)28-18(4,5)6/h11-12H,7-10H2,1-6H3,(H,19,25)(H,20,26)(H,21,22)(H,23,24)/t11-,12-/m0/s1/i13+2,14+2. The Morgan fingerprint density at radius 1 is 0.786 bits per heavy atom. The normalized spacial score (nSPS) is 13.8. The van der Waals surface area contributed by atoms with Crippen molar-refractivity contribution < 1.29 is 38.9 Å². The fourth-order valence-corrected chi connectivity index (χ4v) is 2.11. The Kier molecular flexibility index (Phi) is 9.76. The van der Waals surface area contributed by atoms with Gasteiger partial charge in [0.1, 0.15) is 23.3 Å². The molecule has 0 saturated heterocycles. The molecule has 0 saturated carbocycles. The van der Waals surface area contributed by atoms with Gasteiger partial charge in [0, 0.05) is 0 Å². The molecule has 28 heavy (non-hydrogen) atoms. The van der Waals surface area contributed by atoms with Crippen LogP contribution in [0.25, 0.3) is 0 Å². The molecule has 10 nitrogen and oxygen atoms in total. The Hall–Kier alpha value is -2.52. The van der Waals surface area contributed by atoms with E-state index < -0.39 is 47.4 Å². The van der Waals surface area contributed by atoms with Crippen LogP contribution in [0.1, 0.15) is 67.2 Å². The average Bonchev–Trinajstić information content (AvgIpc) is 2.44. The third-order valence-corrected chi connectivity index (χ3v) is 3.21. The summed E-state index contributed by atoms with van der Waals surface area (Å²) >= 11 is 0. The van der Waals surface area contributed by atoms with Gasteiger partial charge in [0.25, 0.3) is 0 Å². The molecular weight excluding hydrogens is 376 g/mol. The Morgan fingerprint density at radius 3 is 1.29 bits per heavy atom.